The number of piperazine rings is 1. The Morgan fingerprint density at radius 1 is 1.25 bits per heavy atom. The molecule has 7 nitrogen and oxygen atoms in total. The Hall–Kier alpha value is -1.88. The average molecular weight is 503 g/mol. The number of aliphatic imine (C=N–C) groups is 1. The summed E-state index contributed by atoms with van der Waals surface area (Å²) in [6, 6.07) is 7.96. The lowest BCUT2D eigenvalue weighted by molar-refractivity contribution is 0.167. The van der Waals surface area contributed by atoms with E-state index in [9.17, 15) is 4.39 Å². The SMILES string of the molecule is CN=C(NCC(C)Oc1ccc(F)cc1)N1CCN(Cc2ccon2)CC1.I. The van der Waals surface area contributed by atoms with Gasteiger partial charge in [-0.05, 0) is 31.2 Å². The smallest absolute Gasteiger partial charge is 0.193 e. The summed E-state index contributed by atoms with van der Waals surface area (Å²) in [4.78, 5) is 8.97. The highest BCUT2D eigenvalue weighted by molar-refractivity contribution is 14.0. The molecule has 0 aliphatic carbocycles. The van der Waals surface area contributed by atoms with Crippen LogP contribution in [0.4, 0.5) is 4.39 Å². The zero-order valence-corrected chi connectivity index (χ0v) is 18.5. The standard InChI is InChI=1S/C19H26FN5O2.HI/c1-15(27-18-5-3-16(20)4-6-18)13-22-19(21-2)25-10-8-24(9-11-25)14-17-7-12-26-23-17;/h3-7,12,15H,8-11,13-14H2,1-2H3,(H,21,22);1H. The van der Waals surface area contributed by atoms with Crippen molar-refractivity contribution in [2.24, 2.45) is 4.99 Å². The Bertz CT molecular complexity index is 718. The number of ether oxygens (including phenoxy) is 1. The number of aromatic nitrogens is 1. The Morgan fingerprint density at radius 2 is 1.96 bits per heavy atom. The maximum Gasteiger partial charge on any atom is 0.193 e. The van der Waals surface area contributed by atoms with E-state index in [0.29, 0.717) is 12.3 Å². The van der Waals surface area contributed by atoms with Crippen molar-refractivity contribution in [2.45, 2.75) is 19.6 Å². The number of hydrogen-bond donors (Lipinski definition) is 1. The first kappa shape index (κ1) is 22.4. The molecule has 2 aromatic rings. The number of rotatable bonds is 6. The number of benzene rings is 1. The van der Waals surface area contributed by atoms with Crippen LogP contribution in [-0.2, 0) is 6.54 Å². The van der Waals surface area contributed by atoms with E-state index >= 15 is 0 Å². The third-order valence-electron chi connectivity index (χ3n) is 4.46. The lowest BCUT2D eigenvalue weighted by atomic mass is 10.3. The van der Waals surface area contributed by atoms with E-state index in [1.54, 1.807) is 25.4 Å². The topological polar surface area (TPSA) is 66.1 Å². The summed E-state index contributed by atoms with van der Waals surface area (Å²) in [5.74, 6) is 1.25. The van der Waals surface area contributed by atoms with Crippen molar-refractivity contribution in [3.63, 3.8) is 0 Å². The van der Waals surface area contributed by atoms with E-state index in [4.69, 9.17) is 9.26 Å². The molecule has 2 heterocycles. The van der Waals surface area contributed by atoms with Crippen LogP contribution in [0.15, 0.2) is 46.1 Å². The summed E-state index contributed by atoms with van der Waals surface area (Å²) in [5, 5.41) is 7.33. The Balaban J connectivity index is 0.00000280. The normalized spacial score (nSPS) is 16.4. The molecule has 0 radical (unpaired) electrons. The van der Waals surface area contributed by atoms with Crippen LogP contribution in [0, 0.1) is 5.82 Å². The molecule has 1 aromatic heterocycles. The summed E-state index contributed by atoms with van der Waals surface area (Å²) < 4.78 is 23.7. The van der Waals surface area contributed by atoms with Gasteiger partial charge in [0.1, 0.15) is 23.9 Å². The number of hydrogen-bond acceptors (Lipinski definition) is 5. The molecule has 1 N–H and O–H groups in total. The summed E-state index contributed by atoms with van der Waals surface area (Å²) >= 11 is 0. The minimum Gasteiger partial charge on any atom is -0.489 e. The van der Waals surface area contributed by atoms with E-state index in [-0.39, 0.29) is 35.9 Å². The molecule has 1 aliphatic heterocycles. The highest BCUT2D eigenvalue weighted by Gasteiger charge is 2.20. The molecular formula is C19H27FIN5O2. The maximum atomic E-state index is 13.0. The van der Waals surface area contributed by atoms with Gasteiger partial charge in [-0.2, -0.15) is 0 Å². The minimum absolute atomic E-state index is 0. The Morgan fingerprint density at radius 3 is 2.57 bits per heavy atom. The van der Waals surface area contributed by atoms with E-state index in [1.165, 1.54) is 12.1 Å². The van der Waals surface area contributed by atoms with Crippen molar-refractivity contribution < 1.29 is 13.7 Å². The van der Waals surface area contributed by atoms with Crippen LogP contribution in [0.2, 0.25) is 0 Å². The van der Waals surface area contributed by atoms with Crippen LogP contribution >= 0.6 is 24.0 Å². The van der Waals surface area contributed by atoms with E-state index < -0.39 is 0 Å². The fourth-order valence-corrected chi connectivity index (χ4v) is 3.02. The van der Waals surface area contributed by atoms with Gasteiger partial charge in [0, 0.05) is 45.8 Å². The van der Waals surface area contributed by atoms with Crippen LogP contribution in [0.5, 0.6) is 5.75 Å². The quantitative estimate of drug-likeness (QED) is 0.372. The number of nitrogens with one attached hydrogen (secondary N) is 1. The zero-order chi connectivity index (χ0) is 19.1. The molecule has 1 saturated heterocycles. The highest BCUT2D eigenvalue weighted by atomic mass is 127. The summed E-state index contributed by atoms with van der Waals surface area (Å²) in [5.41, 5.74) is 0.956. The number of guanidine groups is 1. The van der Waals surface area contributed by atoms with Crippen LogP contribution in [0.3, 0.4) is 0 Å². The second-order valence-corrected chi connectivity index (χ2v) is 6.56. The van der Waals surface area contributed by atoms with Crippen molar-refractivity contribution >= 4 is 29.9 Å². The molecule has 1 aliphatic rings. The molecule has 9 heteroatoms. The maximum absolute atomic E-state index is 13.0. The van der Waals surface area contributed by atoms with Gasteiger partial charge in [-0.3, -0.25) is 9.89 Å². The summed E-state index contributed by atoms with van der Waals surface area (Å²) in [7, 11) is 1.79. The molecular weight excluding hydrogens is 476 g/mol. The molecule has 0 spiro atoms. The number of halogens is 2. The van der Waals surface area contributed by atoms with Crippen molar-refractivity contribution in [1.82, 2.24) is 20.3 Å². The first-order valence-corrected chi connectivity index (χ1v) is 9.13. The average Bonchev–Trinajstić information content (AvgIpc) is 3.18. The predicted octanol–water partition coefficient (Wildman–Crippen LogP) is 2.59. The van der Waals surface area contributed by atoms with Crippen LogP contribution < -0.4 is 10.1 Å². The third kappa shape index (κ3) is 6.62. The molecule has 1 fully saturated rings. The molecule has 28 heavy (non-hydrogen) atoms. The number of nitrogens with zero attached hydrogens (tertiary/aromatic N) is 4. The molecule has 1 aromatic carbocycles. The molecule has 0 bridgehead atoms. The fourth-order valence-electron chi connectivity index (χ4n) is 3.02. The van der Waals surface area contributed by atoms with Crippen LogP contribution in [0.1, 0.15) is 12.6 Å². The van der Waals surface area contributed by atoms with Gasteiger partial charge in [-0.1, -0.05) is 5.16 Å². The largest absolute Gasteiger partial charge is 0.489 e. The van der Waals surface area contributed by atoms with Gasteiger partial charge in [0.05, 0.1) is 12.2 Å². The molecule has 0 saturated carbocycles. The van der Waals surface area contributed by atoms with Crippen molar-refractivity contribution in [1.29, 1.82) is 0 Å². The van der Waals surface area contributed by atoms with Gasteiger partial charge in [-0.15, -0.1) is 24.0 Å². The second kappa shape index (κ2) is 11.2. The third-order valence-corrected chi connectivity index (χ3v) is 4.46. The molecule has 1 unspecified atom stereocenters. The van der Waals surface area contributed by atoms with Gasteiger partial charge >= 0.3 is 0 Å². The van der Waals surface area contributed by atoms with Gasteiger partial charge < -0.3 is 19.5 Å². The highest BCUT2D eigenvalue weighted by Crippen LogP contribution is 2.13. The predicted molar refractivity (Wildman–Crippen MR) is 117 cm³/mol. The summed E-state index contributed by atoms with van der Waals surface area (Å²) in [6.07, 6.45) is 1.53. The van der Waals surface area contributed by atoms with Gasteiger partial charge in [-0.25, -0.2) is 4.39 Å². The zero-order valence-electron chi connectivity index (χ0n) is 16.2. The monoisotopic (exact) mass is 503 g/mol. The molecule has 0 amide bonds. The lowest BCUT2D eigenvalue weighted by Crippen LogP contribution is -2.53. The van der Waals surface area contributed by atoms with Crippen LogP contribution in [0.25, 0.3) is 0 Å². The Kier molecular flexibility index (Phi) is 8.97. The molecule has 3 rings (SSSR count). The molecule has 154 valence electrons. The lowest BCUT2D eigenvalue weighted by Gasteiger charge is -2.36. The van der Waals surface area contributed by atoms with Gasteiger partial charge in [0.25, 0.3) is 0 Å². The fraction of sp³-hybridized carbons (Fsp3) is 0.474. The van der Waals surface area contributed by atoms with Crippen LogP contribution in [-0.4, -0.2) is 66.8 Å². The van der Waals surface area contributed by atoms with Gasteiger partial charge in [0.2, 0.25) is 0 Å². The minimum atomic E-state index is -0.267. The van der Waals surface area contributed by atoms with E-state index in [2.05, 4.69) is 25.3 Å². The van der Waals surface area contributed by atoms with Crippen molar-refractivity contribution in [3.8, 4) is 5.75 Å². The molecule has 1 atom stereocenters. The van der Waals surface area contributed by atoms with Gasteiger partial charge in [0.15, 0.2) is 5.96 Å². The van der Waals surface area contributed by atoms with E-state index in [1.807, 2.05) is 13.0 Å². The summed E-state index contributed by atoms with van der Waals surface area (Å²) in [6.45, 7) is 7.06. The first-order valence-electron chi connectivity index (χ1n) is 9.13. The van der Waals surface area contributed by atoms with Crippen molar-refractivity contribution in [2.75, 3.05) is 39.8 Å². The Labute approximate surface area is 181 Å². The van der Waals surface area contributed by atoms with E-state index in [0.717, 1.165) is 44.4 Å². The first-order chi connectivity index (χ1) is 13.1. The van der Waals surface area contributed by atoms with Crippen molar-refractivity contribution in [3.05, 3.63) is 48.1 Å². The second-order valence-electron chi connectivity index (χ2n) is 6.56.